The number of allylic oxidation sites excluding steroid dienone is 4. The fraction of sp³-hybridized carbons (Fsp3) is 0.667. The molecule has 0 bridgehead atoms. The van der Waals surface area contributed by atoms with Gasteiger partial charge in [-0.05, 0) is 50.0 Å². The molecule has 90 valence electrons. The molecule has 1 nitrogen and oxygen atoms in total. The van der Waals surface area contributed by atoms with E-state index in [1.807, 2.05) is 6.08 Å². The van der Waals surface area contributed by atoms with Gasteiger partial charge in [0, 0.05) is 0 Å². The predicted octanol–water partition coefficient (Wildman–Crippen LogP) is 4.29. The molecule has 0 aromatic rings. The highest BCUT2D eigenvalue weighted by Crippen LogP contribution is 2.46. The Morgan fingerprint density at radius 1 is 1.44 bits per heavy atom. The highest BCUT2D eigenvalue weighted by molar-refractivity contribution is 5.64. The van der Waals surface area contributed by atoms with Gasteiger partial charge in [-0.1, -0.05) is 38.0 Å². The number of rotatable bonds is 4. The van der Waals surface area contributed by atoms with Crippen LogP contribution in [0.2, 0.25) is 0 Å². The molecule has 0 aliphatic heterocycles. The Labute approximate surface area is 99.6 Å². The van der Waals surface area contributed by atoms with E-state index in [0.29, 0.717) is 11.3 Å². The standard InChI is InChI=1S/C15H24O/c1-5-13-12(2)9-10-15(3,4)14(13)8-6-7-11-16/h6-7,11,14H,5,8-10H2,1-4H3. The minimum absolute atomic E-state index is 0.373. The van der Waals surface area contributed by atoms with E-state index < -0.39 is 0 Å². The van der Waals surface area contributed by atoms with Crippen LogP contribution in [-0.2, 0) is 4.79 Å². The van der Waals surface area contributed by atoms with Crippen LogP contribution in [0.5, 0.6) is 0 Å². The zero-order chi connectivity index (χ0) is 12.2. The molecule has 0 spiro atoms. The van der Waals surface area contributed by atoms with Crippen LogP contribution in [0.4, 0.5) is 0 Å². The molecule has 1 rings (SSSR count). The number of hydrogen-bond acceptors (Lipinski definition) is 1. The Hall–Kier alpha value is -0.850. The van der Waals surface area contributed by atoms with Gasteiger partial charge in [-0.25, -0.2) is 0 Å². The number of carbonyl (C=O) groups excluding carboxylic acids is 1. The lowest BCUT2D eigenvalue weighted by atomic mass is 9.64. The Morgan fingerprint density at radius 2 is 2.12 bits per heavy atom. The zero-order valence-corrected chi connectivity index (χ0v) is 11.0. The van der Waals surface area contributed by atoms with Crippen molar-refractivity contribution in [3.05, 3.63) is 23.3 Å². The van der Waals surface area contributed by atoms with Gasteiger partial charge in [0.15, 0.2) is 0 Å². The maximum absolute atomic E-state index is 10.3. The second-order valence-electron chi connectivity index (χ2n) is 5.50. The summed E-state index contributed by atoms with van der Waals surface area (Å²) >= 11 is 0. The number of hydrogen-bond donors (Lipinski definition) is 0. The third-order valence-corrected chi connectivity index (χ3v) is 4.02. The summed E-state index contributed by atoms with van der Waals surface area (Å²) in [5, 5.41) is 0. The largest absolute Gasteiger partial charge is 0.299 e. The Kier molecular flexibility index (Phi) is 4.52. The van der Waals surface area contributed by atoms with Crippen LogP contribution in [0.25, 0.3) is 0 Å². The van der Waals surface area contributed by atoms with Crippen molar-refractivity contribution in [1.82, 2.24) is 0 Å². The van der Waals surface area contributed by atoms with E-state index in [4.69, 9.17) is 0 Å². The molecular weight excluding hydrogens is 196 g/mol. The van der Waals surface area contributed by atoms with Gasteiger partial charge in [0.25, 0.3) is 0 Å². The van der Waals surface area contributed by atoms with Crippen molar-refractivity contribution >= 4 is 6.29 Å². The molecule has 0 aromatic heterocycles. The van der Waals surface area contributed by atoms with Crippen molar-refractivity contribution in [2.45, 2.75) is 53.4 Å². The first-order valence-electron chi connectivity index (χ1n) is 6.31. The van der Waals surface area contributed by atoms with Crippen molar-refractivity contribution in [3.63, 3.8) is 0 Å². The third kappa shape index (κ3) is 2.84. The summed E-state index contributed by atoms with van der Waals surface area (Å²) < 4.78 is 0. The molecule has 0 saturated carbocycles. The van der Waals surface area contributed by atoms with Crippen molar-refractivity contribution in [2.24, 2.45) is 11.3 Å². The fourth-order valence-corrected chi connectivity index (χ4v) is 2.89. The average molecular weight is 220 g/mol. The van der Waals surface area contributed by atoms with Gasteiger partial charge < -0.3 is 0 Å². The summed E-state index contributed by atoms with van der Waals surface area (Å²) in [7, 11) is 0. The third-order valence-electron chi connectivity index (χ3n) is 4.02. The first-order chi connectivity index (χ1) is 7.53. The summed E-state index contributed by atoms with van der Waals surface area (Å²) in [5.74, 6) is 0.613. The quantitative estimate of drug-likeness (QED) is 0.392. The molecule has 16 heavy (non-hydrogen) atoms. The minimum Gasteiger partial charge on any atom is -0.299 e. The van der Waals surface area contributed by atoms with Crippen LogP contribution in [0.3, 0.4) is 0 Å². The van der Waals surface area contributed by atoms with Crippen LogP contribution < -0.4 is 0 Å². The van der Waals surface area contributed by atoms with Gasteiger partial charge in [0.2, 0.25) is 0 Å². The second-order valence-corrected chi connectivity index (χ2v) is 5.50. The van der Waals surface area contributed by atoms with Crippen molar-refractivity contribution in [2.75, 3.05) is 0 Å². The average Bonchev–Trinajstić information content (AvgIpc) is 2.24. The molecule has 1 aliphatic rings. The molecule has 1 atom stereocenters. The Bertz CT molecular complexity index is 307. The minimum atomic E-state index is 0.373. The molecule has 0 N–H and O–H groups in total. The predicted molar refractivity (Wildman–Crippen MR) is 69.3 cm³/mol. The summed E-state index contributed by atoms with van der Waals surface area (Å²) in [6.07, 6.45) is 9.19. The van der Waals surface area contributed by atoms with Gasteiger partial charge in [-0.3, -0.25) is 4.79 Å². The molecule has 0 fully saturated rings. The monoisotopic (exact) mass is 220 g/mol. The van der Waals surface area contributed by atoms with Crippen molar-refractivity contribution < 1.29 is 4.79 Å². The van der Waals surface area contributed by atoms with Gasteiger partial charge in [0.05, 0.1) is 0 Å². The molecule has 0 saturated heterocycles. The van der Waals surface area contributed by atoms with E-state index in [-0.39, 0.29) is 0 Å². The van der Waals surface area contributed by atoms with Gasteiger partial charge in [-0.15, -0.1) is 0 Å². The normalized spacial score (nSPS) is 25.1. The Balaban J connectivity index is 2.91. The van der Waals surface area contributed by atoms with E-state index in [1.165, 1.54) is 12.8 Å². The first kappa shape index (κ1) is 13.2. The summed E-state index contributed by atoms with van der Waals surface area (Å²) in [5.41, 5.74) is 3.57. The van der Waals surface area contributed by atoms with Gasteiger partial charge in [-0.2, -0.15) is 0 Å². The molecule has 0 heterocycles. The SMILES string of the molecule is CCC1=C(C)CCC(C)(C)C1CC=CC=O. The van der Waals surface area contributed by atoms with Crippen LogP contribution in [-0.4, -0.2) is 6.29 Å². The van der Waals surface area contributed by atoms with Crippen molar-refractivity contribution in [3.8, 4) is 0 Å². The highest BCUT2D eigenvalue weighted by Gasteiger charge is 2.34. The summed E-state index contributed by atoms with van der Waals surface area (Å²) in [4.78, 5) is 10.3. The van der Waals surface area contributed by atoms with Gasteiger partial charge >= 0.3 is 0 Å². The van der Waals surface area contributed by atoms with E-state index in [9.17, 15) is 4.79 Å². The summed E-state index contributed by atoms with van der Waals surface area (Å²) in [6.45, 7) is 9.23. The van der Waals surface area contributed by atoms with Gasteiger partial charge in [0.1, 0.15) is 6.29 Å². The van der Waals surface area contributed by atoms with Crippen LogP contribution in [0.15, 0.2) is 23.3 Å². The Morgan fingerprint density at radius 3 is 2.69 bits per heavy atom. The number of carbonyl (C=O) groups is 1. The molecule has 0 aromatic carbocycles. The molecule has 1 heteroatoms. The lowest BCUT2D eigenvalue weighted by molar-refractivity contribution is -0.104. The van der Waals surface area contributed by atoms with Crippen LogP contribution >= 0.6 is 0 Å². The van der Waals surface area contributed by atoms with Crippen LogP contribution in [0.1, 0.15) is 53.4 Å². The second kappa shape index (κ2) is 5.47. The smallest absolute Gasteiger partial charge is 0.142 e. The molecule has 1 unspecified atom stereocenters. The van der Waals surface area contributed by atoms with E-state index in [0.717, 1.165) is 19.1 Å². The first-order valence-corrected chi connectivity index (χ1v) is 6.31. The zero-order valence-electron chi connectivity index (χ0n) is 11.0. The molecular formula is C15H24O. The fourth-order valence-electron chi connectivity index (χ4n) is 2.89. The van der Waals surface area contributed by atoms with E-state index >= 15 is 0 Å². The topological polar surface area (TPSA) is 17.1 Å². The maximum Gasteiger partial charge on any atom is 0.142 e. The molecule has 1 aliphatic carbocycles. The van der Waals surface area contributed by atoms with Crippen LogP contribution in [0, 0.1) is 11.3 Å². The number of aldehydes is 1. The highest BCUT2D eigenvalue weighted by atomic mass is 16.1. The van der Waals surface area contributed by atoms with Crippen molar-refractivity contribution in [1.29, 1.82) is 0 Å². The lowest BCUT2D eigenvalue weighted by Crippen LogP contribution is -2.29. The molecule has 0 radical (unpaired) electrons. The molecule has 0 amide bonds. The maximum atomic E-state index is 10.3. The summed E-state index contributed by atoms with van der Waals surface area (Å²) in [6, 6.07) is 0. The lowest BCUT2D eigenvalue weighted by Gasteiger charge is -2.41. The van der Waals surface area contributed by atoms with E-state index in [1.54, 1.807) is 17.2 Å². The van der Waals surface area contributed by atoms with E-state index in [2.05, 4.69) is 27.7 Å².